The minimum absolute atomic E-state index is 0.0158. The molecule has 0 atom stereocenters. The molecular formula is C14H21N3O. The van der Waals surface area contributed by atoms with E-state index in [-0.39, 0.29) is 11.3 Å². The standard InChI is InChI=1S/C14H21N3O/c1-14(2,3)9-17-13(18)10-5-4-6-11-12(10)16-8-7-15-11/h4-6,15-16H,7-9H2,1-3H3,(H,17,18). The highest BCUT2D eigenvalue weighted by Gasteiger charge is 2.18. The number of amides is 1. The van der Waals surface area contributed by atoms with Crippen LogP contribution < -0.4 is 16.0 Å². The van der Waals surface area contributed by atoms with Crippen LogP contribution in [0.3, 0.4) is 0 Å². The molecular weight excluding hydrogens is 226 g/mol. The first-order valence-corrected chi connectivity index (χ1v) is 6.36. The lowest BCUT2D eigenvalue weighted by Crippen LogP contribution is -2.33. The van der Waals surface area contributed by atoms with Gasteiger partial charge in [-0.15, -0.1) is 0 Å². The van der Waals surface area contributed by atoms with Crippen LogP contribution in [0.2, 0.25) is 0 Å². The van der Waals surface area contributed by atoms with E-state index in [9.17, 15) is 4.79 Å². The quantitative estimate of drug-likeness (QED) is 0.751. The molecule has 0 aliphatic carbocycles. The van der Waals surface area contributed by atoms with Gasteiger partial charge in [0.25, 0.3) is 5.91 Å². The van der Waals surface area contributed by atoms with Crippen LogP contribution in [0, 0.1) is 5.41 Å². The molecule has 1 aromatic carbocycles. The summed E-state index contributed by atoms with van der Waals surface area (Å²) in [6, 6.07) is 5.75. The fourth-order valence-corrected chi connectivity index (χ4v) is 1.90. The Bertz CT molecular complexity index is 449. The second kappa shape index (κ2) is 4.88. The van der Waals surface area contributed by atoms with Crippen LogP contribution in [-0.4, -0.2) is 25.5 Å². The van der Waals surface area contributed by atoms with Gasteiger partial charge in [0.05, 0.1) is 16.9 Å². The van der Waals surface area contributed by atoms with Crippen LogP contribution in [0.4, 0.5) is 11.4 Å². The van der Waals surface area contributed by atoms with Gasteiger partial charge in [-0.3, -0.25) is 4.79 Å². The second-order valence-corrected chi connectivity index (χ2v) is 5.83. The Labute approximate surface area is 108 Å². The summed E-state index contributed by atoms with van der Waals surface area (Å²) < 4.78 is 0. The van der Waals surface area contributed by atoms with E-state index >= 15 is 0 Å². The van der Waals surface area contributed by atoms with Crippen LogP contribution in [0.5, 0.6) is 0 Å². The molecule has 1 aliphatic heterocycles. The van der Waals surface area contributed by atoms with Gasteiger partial charge >= 0.3 is 0 Å². The predicted molar refractivity (Wildman–Crippen MR) is 75.2 cm³/mol. The van der Waals surface area contributed by atoms with Gasteiger partial charge in [-0.25, -0.2) is 0 Å². The van der Waals surface area contributed by atoms with Gasteiger partial charge in [0, 0.05) is 19.6 Å². The number of para-hydroxylation sites is 1. The Morgan fingerprint density at radius 1 is 1.28 bits per heavy atom. The summed E-state index contributed by atoms with van der Waals surface area (Å²) in [6.45, 7) is 8.72. The minimum Gasteiger partial charge on any atom is -0.382 e. The van der Waals surface area contributed by atoms with Crippen LogP contribution in [0.15, 0.2) is 18.2 Å². The maximum Gasteiger partial charge on any atom is 0.253 e. The van der Waals surface area contributed by atoms with Crippen LogP contribution in [0.1, 0.15) is 31.1 Å². The van der Waals surface area contributed by atoms with E-state index < -0.39 is 0 Å². The number of nitrogens with one attached hydrogen (secondary N) is 3. The van der Waals surface area contributed by atoms with Crippen molar-refractivity contribution < 1.29 is 4.79 Å². The molecule has 0 radical (unpaired) electrons. The van der Waals surface area contributed by atoms with E-state index in [0.717, 1.165) is 24.5 Å². The maximum atomic E-state index is 12.2. The van der Waals surface area contributed by atoms with E-state index in [2.05, 4.69) is 36.7 Å². The molecule has 98 valence electrons. The molecule has 4 heteroatoms. The Morgan fingerprint density at radius 3 is 2.72 bits per heavy atom. The summed E-state index contributed by atoms with van der Waals surface area (Å²) in [4.78, 5) is 12.2. The van der Waals surface area contributed by atoms with Crippen molar-refractivity contribution in [2.75, 3.05) is 30.3 Å². The molecule has 0 bridgehead atoms. The Balaban J connectivity index is 2.15. The van der Waals surface area contributed by atoms with E-state index in [1.165, 1.54) is 0 Å². The maximum absolute atomic E-state index is 12.2. The molecule has 1 aliphatic rings. The zero-order valence-corrected chi connectivity index (χ0v) is 11.3. The number of carbonyl (C=O) groups is 1. The highest BCUT2D eigenvalue weighted by Crippen LogP contribution is 2.28. The largest absolute Gasteiger partial charge is 0.382 e. The highest BCUT2D eigenvalue weighted by molar-refractivity contribution is 6.02. The van der Waals surface area contributed by atoms with E-state index in [1.54, 1.807) is 0 Å². The van der Waals surface area contributed by atoms with Gasteiger partial charge in [-0.05, 0) is 17.5 Å². The van der Waals surface area contributed by atoms with Gasteiger partial charge in [-0.2, -0.15) is 0 Å². The number of hydrogen-bond donors (Lipinski definition) is 3. The first kappa shape index (κ1) is 12.7. The van der Waals surface area contributed by atoms with Gasteiger partial charge in [0.2, 0.25) is 0 Å². The van der Waals surface area contributed by atoms with Crippen molar-refractivity contribution in [3.63, 3.8) is 0 Å². The molecule has 0 unspecified atom stereocenters. The lowest BCUT2D eigenvalue weighted by atomic mass is 9.97. The summed E-state index contributed by atoms with van der Waals surface area (Å²) in [6.07, 6.45) is 0. The van der Waals surface area contributed by atoms with Crippen molar-refractivity contribution in [2.45, 2.75) is 20.8 Å². The summed E-state index contributed by atoms with van der Waals surface area (Å²) in [5.41, 5.74) is 2.72. The summed E-state index contributed by atoms with van der Waals surface area (Å²) in [5.74, 6) is -0.0158. The predicted octanol–water partition coefficient (Wildman–Crippen LogP) is 2.30. The lowest BCUT2D eigenvalue weighted by molar-refractivity contribution is 0.0940. The normalized spacial score (nSPS) is 14.2. The van der Waals surface area contributed by atoms with Crippen LogP contribution in [-0.2, 0) is 0 Å². The van der Waals surface area contributed by atoms with Crippen LogP contribution in [0.25, 0.3) is 0 Å². The number of fused-ring (bicyclic) bond motifs is 1. The monoisotopic (exact) mass is 247 g/mol. The fraction of sp³-hybridized carbons (Fsp3) is 0.500. The highest BCUT2D eigenvalue weighted by atomic mass is 16.1. The third kappa shape index (κ3) is 2.94. The molecule has 0 aromatic heterocycles. The van der Waals surface area contributed by atoms with E-state index in [4.69, 9.17) is 0 Å². The van der Waals surface area contributed by atoms with Gasteiger partial charge in [0.15, 0.2) is 0 Å². The smallest absolute Gasteiger partial charge is 0.253 e. The zero-order valence-electron chi connectivity index (χ0n) is 11.3. The second-order valence-electron chi connectivity index (χ2n) is 5.83. The molecule has 1 amide bonds. The summed E-state index contributed by atoms with van der Waals surface area (Å²) in [7, 11) is 0. The number of carbonyl (C=O) groups excluding carboxylic acids is 1. The van der Waals surface area contributed by atoms with Crippen molar-refractivity contribution in [3.05, 3.63) is 23.8 Å². The fourth-order valence-electron chi connectivity index (χ4n) is 1.90. The average Bonchev–Trinajstić information content (AvgIpc) is 2.34. The molecule has 2 rings (SSSR count). The van der Waals surface area contributed by atoms with Gasteiger partial charge < -0.3 is 16.0 Å². The Kier molecular flexibility index (Phi) is 3.45. The summed E-state index contributed by atoms with van der Waals surface area (Å²) in [5, 5.41) is 9.56. The van der Waals surface area contributed by atoms with E-state index in [0.29, 0.717) is 12.1 Å². The molecule has 18 heavy (non-hydrogen) atoms. The minimum atomic E-state index is -0.0158. The van der Waals surface area contributed by atoms with Crippen molar-refractivity contribution in [2.24, 2.45) is 5.41 Å². The van der Waals surface area contributed by atoms with Gasteiger partial charge in [-0.1, -0.05) is 26.8 Å². The van der Waals surface area contributed by atoms with Crippen LogP contribution >= 0.6 is 0 Å². The van der Waals surface area contributed by atoms with Crippen molar-refractivity contribution in [1.29, 1.82) is 0 Å². The summed E-state index contributed by atoms with van der Waals surface area (Å²) >= 11 is 0. The topological polar surface area (TPSA) is 53.2 Å². The molecule has 0 saturated heterocycles. The molecule has 0 saturated carbocycles. The molecule has 4 nitrogen and oxygen atoms in total. The third-order valence-electron chi connectivity index (χ3n) is 2.83. The Morgan fingerprint density at radius 2 is 2.00 bits per heavy atom. The van der Waals surface area contributed by atoms with Crippen molar-refractivity contribution >= 4 is 17.3 Å². The molecule has 1 aromatic rings. The third-order valence-corrected chi connectivity index (χ3v) is 2.83. The molecule has 3 N–H and O–H groups in total. The number of anilines is 2. The number of rotatable bonds is 2. The molecule has 0 spiro atoms. The SMILES string of the molecule is CC(C)(C)CNC(=O)c1cccc2c1NCCN2. The van der Waals surface area contributed by atoms with Crippen molar-refractivity contribution in [1.82, 2.24) is 5.32 Å². The number of hydrogen-bond acceptors (Lipinski definition) is 3. The van der Waals surface area contributed by atoms with Gasteiger partial charge in [0.1, 0.15) is 0 Å². The zero-order chi connectivity index (χ0) is 13.2. The lowest BCUT2D eigenvalue weighted by Gasteiger charge is -2.23. The average molecular weight is 247 g/mol. The Hall–Kier alpha value is -1.71. The first-order valence-electron chi connectivity index (χ1n) is 6.36. The molecule has 1 heterocycles. The first-order chi connectivity index (χ1) is 8.47. The van der Waals surface area contributed by atoms with E-state index in [1.807, 2.05) is 18.2 Å². The van der Waals surface area contributed by atoms with Crippen molar-refractivity contribution in [3.8, 4) is 0 Å². The number of benzene rings is 1. The molecule has 0 fully saturated rings.